The van der Waals surface area contributed by atoms with Gasteiger partial charge in [-0.1, -0.05) is 30.7 Å². The first kappa shape index (κ1) is 26.0. The Hall–Kier alpha value is -2.66. The van der Waals surface area contributed by atoms with Crippen LogP contribution in [-0.2, 0) is 19.6 Å². The number of nitrogens with zero attached hydrogens (tertiary/aromatic N) is 4. The maximum absolute atomic E-state index is 5.20. The summed E-state index contributed by atoms with van der Waals surface area (Å²) in [6.45, 7) is 4.69. The Kier molecular flexibility index (Phi) is 10.1. The maximum Gasteiger partial charge on any atom is 0.191 e. The zero-order valence-corrected chi connectivity index (χ0v) is 22.2. The molecule has 2 aromatic carbocycles. The number of methoxy groups -OCH3 is 1. The molecule has 1 fully saturated rings. The number of aliphatic imine (C=N–C) groups is 1. The Morgan fingerprint density at radius 2 is 1.65 bits per heavy atom. The highest BCUT2D eigenvalue weighted by atomic mass is 127. The lowest BCUT2D eigenvalue weighted by molar-refractivity contribution is 0.221. The first-order chi connectivity index (χ1) is 16.2. The molecule has 3 N–H and O–H groups in total. The first-order valence-corrected chi connectivity index (χ1v) is 11.5. The van der Waals surface area contributed by atoms with E-state index in [-0.39, 0.29) is 24.0 Å². The average molecular weight is 575 g/mol. The molecule has 1 saturated heterocycles. The van der Waals surface area contributed by atoms with Crippen molar-refractivity contribution >= 4 is 29.9 Å². The van der Waals surface area contributed by atoms with Gasteiger partial charge in [-0.15, -0.1) is 24.0 Å². The van der Waals surface area contributed by atoms with Crippen molar-refractivity contribution in [3.8, 4) is 17.1 Å². The van der Waals surface area contributed by atoms with Gasteiger partial charge in [0.15, 0.2) is 11.8 Å². The Labute approximate surface area is 218 Å². The second-order valence-corrected chi connectivity index (χ2v) is 8.27. The number of likely N-dealkylation sites (tertiary alicyclic amines) is 1. The van der Waals surface area contributed by atoms with E-state index in [9.17, 15) is 0 Å². The van der Waals surface area contributed by atoms with E-state index in [0.29, 0.717) is 18.9 Å². The fourth-order valence-corrected chi connectivity index (χ4v) is 3.96. The molecule has 0 spiro atoms. The van der Waals surface area contributed by atoms with E-state index in [2.05, 4.69) is 60.0 Å². The van der Waals surface area contributed by atoms with E-state index in [1.807, 2.05) is 24.3 Å². The summed E-state index contributed by atoms with van der Waals surface area (Å²) in [5.41, 5.74) is 3.53. The molecule has 1 aliphatic heterocycles. The minimum atomic E-state index is 0. The number of H-pyrrole nitrogens is 1. The monoisotopic (exact) mass is 575 g/mol. The quantitative estimate of drug-likeness (QED) is 0.214. The van der Waals surface area contributed by atoms with Crippen molar-refractivity contribution in [2.45, 2.75) is 38.9 Å². The predicted octanol–water partition coefficient (Wildman–Crippen LogP) is 3.95. The minimum absolute atomic E-state index is 0. The molecule has 34 heavy (non-hydrogen) atoms. The number of guanidine groups is 1. The molecule has 4 rings (SSSR count). The Morgan fingerprint density at radius 3 is 2.32 bits per heavy atom. The number of nitrogens with one attached hydrogen (secondary N) is 3. The van der Waals surface area contributed by atoms with Crippen LogP contribution in [0.2, 0.25) is 0 Å². The number of piperidine rings is 1. The van der Waals surface area contributed by atoms with Crippen LogP contribution in [0.25, 0.3) is 11.4 Å². The lowest BCUT2D eigenvalue weighted by atomic mass is 10.1. The summed E-state index contributed by atoms with van der Waals surface area (Å²) in [6.07, 6.45) is 4.02. The molecule has 0 atom stereocenters. The summed E-state index contributed by atoms with van der Waals surface area (Å²) in [5, 5.41) is 13.9. The zero-order chi connectivity index (χ0) is 22.9. The van der Waals surface area contributed by atoms with Gasteiger partial charge in [0, 0.05) is 25.7 Å². The van der Waals surface area contributed by atoms with Gasteiger partial charge in [0.25, 0.3) is 0 Å². The van der Waals surface area contributed by atoms with Gasteiger partial charge in [0.2, 0.25) is 0 Å². The zero-order valence-electron chi connectivity index (χ0n) is 19.9. The van der Waals surface area contributed by atoms with Crippen molar-refractivity contribution in [2.75, 3.05) is 27.2 Å². The Balaban J connectivity index is 0.00000324. The van der Waals surface area contributed by atoms with Gasteiger partial charge < -0.3 is 15.4 Å². The number of aromatic nitrogens is 3. The smallest absolute Gasteiger partial charge is 0.191 e. The van der Waals surface area contributed by atoms with Crippen molar-refractivity contribution in [3.05, 3.63) is 65.5 Å². The van der Waals surface area contributed by atoms with Crippen molar-refractivity contribution in [3.63, 3.8) is 0 Å². The molecular weight excluding hydrogens is 541 g/mol. The number of halogens is 1. The van der Waals surface area contributed by atoms with Crippen molar-refractivity contribution in [1.29, 1.82) is 0 Å². The van der Waals surface area contributed by atoms with E-state index in [1.54, 1.807) is 14.2 Å². The van der Waals surface area contributed by atoms with Crippen molar-refractivity contribution in [2.24, 2.45) is 4.99 Å². The van der Waals surface area contributed by atoms with Gasteiger partial charge in [-0.3, -0.25) is 15.0 Å². The summed E-state index contributed by atoms with van der Waals surface area (Å²) in [5.74, 6) is 2.92. The number of hydrogen-bond donors (Lipinski definition) is 3. The van der Waals surface area contributed by atoms with Gasteiger partial charge in [-0.25, -0.2) is 4.98 Å². The van der Waals surface area contributed by atoms with Crippen LogP contribution in [0, 0.1) is 0 Å². The molecule has 182 valence electrons. The lowest BCUT2D eigenvalue weighted by Crippen LogP contribution is -2.36. The molecule has 8 nitrogen and oxygen atoms in total. The Morgan fingerprint density at radius 1 is 0.971 bits per heavy atom. The van der Waals surface area contributed by atoms with E-state index in [0.717, 1.165) is 29.6 Å². The molecule has 1 aliphatic rings. The fraction of sp³-hybridized carbons (Fsp3) is 0.400. The van der Waals surface area contributed by atoms with Crippen LogP contribution >= 0.6 is 24.0 Å². The van der Waals surface area contributed by atoms with Crippen molar-refractivity contribution < 1.29 is 4.74 Å². The second-order valence-electron chi connectivity index (χ2n) is 8.27. The van der Waals surface area contributed by atoms with Gasteiger partial charge in [-0.2, -0.15) is 5.10 Å². The predicted molar refractivity (Wildman–Crippen MR) is 146 cm³/mol. The first-order valence-electron chi connectivity index (χ1n) is 11.5. The molecule has 0 aliphatic carbocycles. The number of aromatic amines is 1. The van der Waals surface area contributed by atoms with Crippen LogP contribution in [0.5, 0.6) is 5.75 Å². The molecular formula is C25H34IN7O. The highest BCUT2D eigenvalue weighted by Crippen LogP contribution is 2.19. The summed E-state index contributed by atoms with van der Waals surface area (Å²) < 4.78 is 5.20. The Bertz CT molecular complexity index is 1030. The maximum atomic E-state index is 5.20. The summed E-state index contributed by atoms with van der Waals surface area (Å²) >= 11 is 0. The molecule has 2 heterocycles. The summed E-state index contributed by atoms with van der Waals surface area (Å²) in [7, 11) is 3.41. The van der Waals surface area contributed by atoms with Gasteiger partial charge in [-0.05, 0) is 61.3 Å². The standard InChI is InChI=1S/C25H33N7O.HI/c1-26-25(27-16-19-6-8-20(9-7-19)18-32-14-4-3-5-15-32)28-17-23-29-24(31-30-23)21-10-12-22(33-2)13-11-21;/h6-13H,3-5,14-18H2,1-2H3,(H2,26,27,28)(H,29,30,31);1H. The van der Waals surface area contributed by atoms with E-state index in [4.69, 9.17) is 4.74 Å². The fourth-order valence-electron chi connectivity index (χ4n) is 3.96. The molecule has 1 aromatic heterocycles. The minimum Gasteiger partial charge on any atom is -0.497 e. The van der Waals surface area contributed by atoms with Crippen molar-refractivity contribution in [1.82, 2.24) is 30.7 Å². The number of hydrogen-bond acceptors (Lipinski definition) is 5. The van der Waals surface area contributed by atoms with E-state index < -0.39 is 0 Å². The van der Waals surface area contributed by atoms with Gasteiger partial charge in [0.1, 0.15) is 11.6 Å². The van der Waals surface area contributed by atoms with Crippen LogP contribution < -0.4 is 15.4 Å². The highest BCUT2D eigenvalue weighted by Gasteiger charge is 2.10. The summed E-state index contributed by atoms with van der Waals surface area (Å²) in [6, 6.07) is 16.5. The largest absolute Gasteiger partial charge is 0.497 e. The van der Waals surface area contributed by atoms with E-state index in [1.165, 1.54) is 43.5 Å². The van der Waals surface area contributed by atoms with Crippen LogP contribution in [0.4, 0.5) is 0 Å². The average Bonchev–Trinajstić information content (AvgIpc) is 3.35. The third-order valence-corrected chi connectivity index (χ3v) is 5.86. The lowest BCUT2D eigenvalue weighted by Gasteiger charge is -2.26. The normalized spacial score (nSPS) is 14.4. The molecule has 0 saturated carbocycles. The third kappa shape index (κ3) is 7.42. The number of ether oxygens (including phenoxy) is 1. The van der Waals surface area contributed by atoms with E-state index >= 15 is 0 Å². The highest BCUT2D eigenvalue weighted by molar-refractivity contribution is 14.0. The molecule has 0 bridgehead atoms. The number of rotatable bonds is 8. The molecule has 3 aromatic rings. The van der Waals surface area contributed by atoms with Crippen LogP contribution in [0.1, 0.15) is 36.2 Å². The van der Waals surface area contributed by atoms with Gasteiger partial charge >= 0.3 is 0 Å². The summed E-state index contributed by atoms with van der Waals surface area (Å²) in [4.78, 5) is 11.4. The van der Waals surface area contributed by atoms with Crippen LogP contribution in [-0.4, -0.2) is 53.3 Å². The molecule has 0 amide bonds. The van der Waals surface area contributed by atoms with Gasteiger partial charge in [0.05, 0.1) is 13.7 Å². The topological polar surface area (TPSA) is 90.5 Å². The van der Waals surface area contributed by atoms with Crippen LogP contribution in [0.3, 0.4) is 0 Å². The number of benzene rings is 2. The molecule has 9 heteroatoms. The third-order valence-electron chi connectivity index (χ3n) is 5.86. The second kappa shape index (κ2) is 13.3. The SMILES string of the molecule is CN=C(NCc1ccc(CN2CCCCC2)cc1)NCc1nc(-c2ccc(OC)cc2)n[nH]1.I. The molecule has 0 radical (unpaired) electrons. The molecule has 0 unspecified atom stereocenters. The van der Waals surface area contributed by atoms with Crippen LogP contribution in [0.15, 0.2) is 53.5 Å².